The van der Waals surface area contributed by atoms with Crippen LogP contribution in [-0.2, 0) is 11.3 Å². The van der Waals surface area contributed by atoms with Crippen molar-refractivity contribution in [3.63, 3.8) is 0 Å². The summed E-state index contributed by atoms with van der Waals surface area (Å²) in [4.78, 5) is 14.8. The molecule has 4 nitrogen and oxygen atoms in total. The van der Waals surface area contributed by atoms with Crippen molar-refractivity contribution < 1.29 is 9.53 Å². The number of rotatable bonds is 7. The van der Waals surface area contributed by atoms with Gasteiger partial charge in [0.05, 0.1) is 0 Å². The zero-order valence-electron chi connectivity index (χ0n) is 18.2. The number of hydrogen-bond donors (Lipinski definition) is 1. The van der Waals surface area contributed by atoms with E-state index in [1.807, 2.05) is 12.1 Å². The standard InChI is InChI=1S/C25H34N2O2/c1-18(2)24-10-9-23(15-20(24)4)29-17-25(28)26-22-11-13-27(14-12-22)16-21-8-6-5-7-19(21)3/h5-10,15,18,22H,11-14,16-17H2,1-4H3,(H,26,28). The number of hydrogen-bond acceptors (Lipinski definition) is 3. The molecular formula is C25H34N2O2. The average Bonchev–Trinajstić information content (AvgIpc) is 2.69. The van der Waals surface area contributed by atoms with Crippen molar-refractivity contribution in [2.24, 2.45) is 0 Å². The molecule has 0 atom stereocenters. The SMILES string of the molecule is Cc1ccccc1CN1CCC(NC(=O)COc2ccc(C(C)C)c(C)c2)CC1. The molecule has 2 aromatic carbocycles. The smallest absolute Gasteiger partial charge is 0.258 e. The molecule has 1 aliphatic heterocycles. The maximum Gasteiger partial charge on any atom is 0.258 e. The number of benzene rings is 2. The molecular weight excluding hydrogens is 360 g/mol. The molecule has 0 aliphatic carbocycles. The highest BCUT2D eigenvalue weighted by Crippen LogP contribution is 2.23. The van der Waals surface area contributed by atoms with E-state index in [1.54, 1.807) is 0 Å². The van der Waals surface area contributed by atoms with E-state index in [4.69, 9.17) is 4.74 Å². The van der Waals surface area contributed by atoms with Gasteiger partial charge in [0, 0.05) is 25.7 Å². The number of nitrogens with zero attached hydrogens (tertiary/aromatic N) is 1. The van der Waals surface area contributed by atoms with Crippen LogP contribution in [0.3, 0.4) is 0 Å². The lowest BCUT2D eigenvalue weighted by molar-refractivity contribution is -0.124. The third-order valence-electron chi connectivity index (χ3n) is 5.84. The summed E-state index contributed by atoms with van der Waals surface area (Å²) in [7, 11) is 0. The summed E-state index contributed by atoms with van der Waals surface area (Å²) >= 11 is 0. The molecule has 3 rings (SSSR count). The van der Waals surface area contributed by atoms with Crippen molar-refractivity contribution in [2.75, 3.05) is 19.7 Å². The first kappa shape index (κ1) is 21.4. The van der Waals surface area contributed by atoms with Crippen molar-refractivity contribution in [3.8, 4) is 5.75 Å². The van der Waals surface area contributed by atoms with Crippen molar-refractivity contribution in [1.82, 2.24) is 10.2 Å². The van der Waals surface area contributed by atoms with Crippen molar-refractivity contribution >= 4 is 5.91 Å². The summed E-state index contributed by atoms with van der Waals surface area (Å²) in [5.74, 6) is 1.21. The van der Waals surface area contributed by atoms with Gasteiger partial charge in [-0.05, 0) is 67.0 Å². The van der Waals surface area contributed by atoms with Gasteiger partial charge in [-0.25, -0.2) is 0 Å². The molecule has 1 aliphatic rings. The van der Waals surface area contributed by atoms with Crippen LogP contribution in [0.1, 0.15) is 54.9 Å². The molecule has 4 heteroatoms. The molecule has 29 heavy (non-hydrogen) atoms. The van der Waals surface area contributed by atoms with Crippen LogP contribution in [0.2, 0.25) is 0 Å². The molecule has 1 fully saturated rings. The Kier molecular flexibility index (Phi) is 7.32. The molecule has 156 valence electrons. The monoisotopic (exact) mass is 394 g/mol. The number of nitrogens with one attached hydrogen (secondary N) is 1. The third kappa shape index (κ3) is 6.07. The van der Waals surface area contributed by atoms with Crippen LogP contribution in [0.25, 0.3) is 0 Å². The number of piperidine rings is 1. The van der Waals surface area contributed by atoms with E-state index in [2.05, 4.69) is 68.2 Å². The normalized spacial score (nSPS) is 15.5. The number of ether oxygens (including phenoxy) is 1. The Labute approximate surface area is 175 Å². The van der Waals surface area contributed by atoms with Gasteiger partial charge < -0.3 is 10.1 Å². The van der Waals surface area contributed by atoms with E-state index in [-0.39, 0.29) is 18.6 Å². The van der Waals surface area contributed by atoms with Crippen LogP contribution in [0, 0.1) is 13.8 Å². The predicted molar refractivity (Wildman–Crippen MR) is 118 cm³/mol. The lowest BCUT2D eigenvalue weighted by Gasteiger charge is -2.32. The van der Waals surface area contributed by atoms with Gasteiger partial charge in [-0.1, -0.05) is 44.2 Å². The van der Waals surface area contributed by atoms with Crippen LogP contribution >= 0.6 is 0 Å². The second-order valence-corrected chi connectivity index (χ2v) is 8.51. The fourth-order valence-electron chi connectivity index (χ4n) is 4.07. The van der Waals surface area contributed by atoms with Crippen molar-refractivity contribution in [3.05, 3.63) is 64.7 Å². The van der Waals surface area contributed by atoms with E-state index in [0.717, 1.165) is 38.2 Å². The second kappa shape index (κ2) is 9.93. The lowest BCUT2D eigenvalue weighted by atomic mass is 9.98. The summed E-state index contributed by atoms with van der Waals surface area (Å²) in [6.45, 7) is 11.7. The summed E-state index contributed by atoms with van der Waals surface area (Å²) in [6.07, 6.45) is 1.97. The van der Waals surface area contributed by atoms with Gasteiger partial charge in [-0.15, -0.1) is 0 Å². The molecule has 0 aromatic heterocycles. The quantitative estimate of drug-likeness (QED) is 0.747. The lowest BCUT2D eigenvalue weighted by Crippen LogP contribution is -2.45. The van der Waals surface area contributed by atoms with Gasteiger partial charge in [0.15, 0.2) is 6.61 Å². The summed E-state index contributed by atoms with van der Waals surface area (Å²) in [6, 6.07) is 14.9. The molecule has 0 bridgehead atoms. The molecule has 1 heterocycles. The molecule has 1 N–H and O–H groups in total. The predicted octanol–water partition coefficient (Wildman–Crippen LogP) is 4.59. The minimum atomic E-state index is -0.0343. The summed E-state index contributed by atoms with van der Waals surface area (Å²) in [5.41, 5.74) is 5.26. The molecule has 0 saturated carbocycles. The van der Waals surface area contributed by atoms with Gasteiger partial charge in [0.1, 0.15) is 5.75 Å². The van der Waals surface area contributed by atoms with Gasteiger partial charge in [0.25, 0.3) is 5.91 Å². The molecule has 2 aromatic rings. The van der Waals surface area contributed by atoms with E-state index in [0.29, 0.717) is 5.92 Å². The first-order valence-electron chi connectivity index (χ1n) is 10.7. The molecule has 1 saturated heterocycles. The van der Waals surface area contributed by atoms with Crippen molar-refractivity contribution in [1.29, 1.82) is 0 Å². The zero-order chi connectivity index (χ0) is 20.8. The Morgan fingerprint density at radius 2 is 1.83 bits per heavy atom. The topological polar surface area (TPSA) is 41.6 Å². The van der Waals surface area contributed by atoms with Crippen LogP contribution in [-0.4, -0.2) is 36.5 Å². The first-order chi connectivity index (χ1) is 13.9. The number of amides is 1. The highest BCUT2D eigenvalue weighted by molar-refractivity contribution is 5.77. The Balaban J connectivity index is 1.41. The van der Waals surface area contributed by atoms with Crippen LogP contribution < -0.4 is 10.1 Å². The van der Waals surface area contributed by atoms with Gasteiger partial charge in [0.2, 0.25) is 0 Å². The minimum absolute atomic E-state index is 0.0343. The Bertz CT molecular complexity index is 823. The van der Waals surface area contributed by atoms with Crippen molar-refractivity contribution in [2.45, 2.75) is 59.0 Å². The maximum absolute atomic E-state index is 12.3. The molecule has 0 spiro atoms. The van der Waals surface area contributed by atoms with E-state index in [9.17, 15) is 4.79 Å². The fraction of sp³-hybridized carbons (Fsp3) is 0.480. The van der Waals surface area contributed by atoms with E-state index in [1.165, 1.54) is 22.3 Å². The number of aryl methyl sites for hydroxylation is 2. The third-order valence-corrected chi connectivity index (χ3v) is 5.84. The maximum atomic E-state index is 12.3. The number of likely N-dealkylation sites (tertiary alicyclic amines) is 1. The zero-order valence-corrected chi connectivity index (χ0v) is 18.2. The summed E-state index contributed by atoms with van der Waals surface area (Å²) < 4.78 is 5.72. The number of carbonyl (C=O) groups excluding carboxylic acids is 1. The highest BCUT2D eigenvalue weighted by atomic mass is 16.5. The Hall–Kier alpha value is -2.33. The minimum Gasteiger partial charge on any atom is -0.484 e. The van der Waals surface area contributed by atoms with Gasteiger partial charge in [-0.2, -0.15) is 0 Å². The molecule has 1 amide bonds. The van der Waals surface area contributed by atoms with Gasteiger partial charge in [-0.3, -0.25) is 9.69 Å². The van der Waals surface area contributed by atoms with E-state index < -0.39 is 0 Å². The number of carbonyl (C=O) groups is 1. The van der Waals surface area contributed by atoms with Gasteiger partial charge >= 0.3 is 0 Å². The molecule has 0 unspecified atom stereocenters. The second-order valence-electron chi connectivity index (χ2n) is 8.51. The van der Waals surface area contributed by atoms with E-state index >= 15 is 0 Å². The van der Waals surface area contributed by atoms with Crippen LogP contribution in [0.4, 0.5) is 0 Å². The Morgan fingerprint density at radius 3 is 2.48 bits per heavy atom. The largest absolute Gasteiger partial charge is 0.484 e. The van der Waals surface area contributed by atoms with Crippen LogP contribution in [0.5, 0.6) is 5.75 Å². The molecule has 0 radical (unpaired) electrons. The highest BCUT2D eigenvalue weighted by Gasteiger charge is 2.21. The summed E-state index contributed by atoms with van der Waals surface area (Å²) in [5, 5.41) is 3.14. The van der Waals surface area contributed by atoms with Crippen LogP contribution in [0.15, 0.2) is 42.5 Å². The average molecular weight is 395 g/mol. The fourth-order valence-corrected chi connectivity index (χ4v) is 4.07. The first-order valence-corrected chi connectivity index (χ1v) is 10.7. The Morgan fingerprint density at radius 1 is 1.10 bits per heavy atom.